The van der Waals surface area contributed by atoms with Gasteiger partial charge in [0.1, 0.15) is 11.5 Å². The van der Waals surface area contributed by atoms with E-state index in [9.17, 15) is 0 Å². The molecule has 2 aromatic carbocycles. The van der Waals surface area contributed by atoms with Crippen molar-refractivity contribution in [3.8, 4) is 11.5 Å². The first kappa shape index (κ1) is 28.8. The molecule has 0 radical (unpaired) electrons. The number of hydrogen-bond acceptors (Lipinski definition) is 2. The standard InChI is InChI=1S/C33H48O2/c1-6-10-14-28(8-3)25-34-32-21-18-30(19-22-32)16-12-13-17-31-20-23-33(24-27(31)5)35-26-29(9-4)15-11-7-2/h12-13,16-24,28-29H,6-11,14-15,25-26H2,1-5H3/b16-12+,17-13+. The largest absolute Gasteiger partial charge is 0.493 e. The fourth-order valence-electron chi connectivity index (χ4n) is 4.15. The lowest BCUT2D eigenvalue weighted by molar-refractivity contribution is 0.233. The third-order valence-electron chi connectivity index (χ3n) is 6.85. The highest BCUT2D eigenvalue weighted by atomic mass is 16.5. The average Bonchev–Trinajstić information content (AvgIpc) is 2.88. The van der Waals surface area contributed by atoms with E-state index in [4.69, 9.17) is 9.47 Å². The van der Waals surface area contributed by atoms with Crippen molar-refractivity contribution in [1.82, 2.24) is 0 Å². The Morgan fingerprint density at radius 1 is 0.686 bits per heavy atom. The number of aryl methyl sites for hydroxylation is 1. The number of benzene rings is 2. The zero-order chi connectivity index (χ0) is 25.3. The molecule has 0 spiro atoms. The summed E-state index contributed by atoms with van der Waals surface area (Å²) in [6, 6.07) is 14.8. The van der Waals surface area contributed by atoms with E-state index in [0.29, 0.717) is 11.8 Å². The van der Waals surface area contributed by atoms with Gasteiger partial charge < -0.3 is 9.47 Å². The van der Waals surface area contributed by atoms with Crippen molar-refractivity contribution in [2.24, 2.45) is 11.8 Å². The quantitative estimate of drug-likeness (QED) is 0.211. The minimum absolute atomic E-state index is 0.652. The highest BCUT2D eigenvalue weighted by molar-refractivity contribution is 5.60. The van der Waals surface area contributed by atoms with Crippen LogP contribution in [0, 0.1) is 18.8 Å². The molecule has 0 saturated heterocycles. The van der Waals surface area contributed by atoms with E-state index in [-0.39, 0.29) is 0 Å². The van der Waals surface area contributed by atoms with Crippen LogP contribution in [0.2, 0.25) is 0 Å². The second kappa shape index (κ2) is 17.0. The van der Waals surface area contributed by atoms with Gasteiger partial charge in [0.15, 0.2) is 0 Å². The summed E-state index contributed by atoms with van der Waals surface area (Å²) in [5.74, 6) is 3.24. The lowest BCUT2D eigenvalue weighted by Gasteiger charge is -2.16. The molecule has 0 saturated carbocycles. The molecule has 0 aliphatic rings. The van der Waals surface area contributed by atoms with Crippen LogP contribution in [0.15, 0.2) is 54.6 Å². The summed E-state index contributed by atoms with van der Waals surface area (Å²) in [6.45, 7) is 12.8. The van der Waals surface area contributed by atoms with Crippen molar-refractivity contribution in [2.75, 3.05) is 13.2 Å². The molecule has 0 amide bonds. The Morgan fingerprint density at radius 2 is 1.23 bits per heavy atom. The second-order valence-corrected chi connectivity index (χ2v) is 9.76. The highest BCUT2D eigenvalue weighted by Crippen LogP contribution is 2.21. The Balaban J connectivity index is 1.83. The van der Waals surface area contributed by atoms with Gasteiger partial charge in [0.2, 0.25) is 0 Å². The van der Waals surface area contributed by atoms with Gasteiger partial charge in [-0.1, -0.05) is 109 Å². The molecule has 2 aromatic rings. The lowest BCUT2D eigenvalue weighted by Crippen LogP contribution is -2.11. The van der Waals surface area contributed by atoms with E-state index in [1.807, 2.05) is 0 Å². The predicted molar refractivity (Wildman–Crippen MR) is 153 cm³/mol. The monoisotopic (exact) mass is 476 g/mol. The Kier molecular flexibility index (Phi) is 14.0. The van der Waals surface area contributed by atoms with E-state index in [1.165, 1.54) is 68.1 Å². The molecule has 0 fully saturated rings. The van der Waals surface area contributed by atoms with Crippen LogP contribution in [0.25, 0.3) is 12.2 Å². The van der Waals surface area contributed by atoms with Crippen LogP contribution in [-0.2, 0) is 0 Å². The summed E-state index contributed by atoms with van der Waals surface area (Å²) in [5.41, 5.74) is 3.63. The van der Waals surface area contributed by atoms with E-state index in [0.717, 1.165) is 24.7 Å². The van der Waals surface area contributed by atoms with Gasteiger partial charge in [-0.3, -0.25) is 0 Å². The van der Waals surface area contributed by atoms with E-state index < -0.39 is 0 Å². The van der Waals surface area contributed by atoms with Gasteiger partial charge in [0.25, 0.3) is 0 Å². The second-order valence-electron chi connectivity index (χ2n) is 9.76. The molecule has 0 bridgehead atoms. The van der Waals surface area contributed by atoms with Gasteiger partial charge >= 0.3 is 0 Å². The van der Waals surface area contributed by atoms with Gasteiger partial charge in [-0.05, 0) is 72.6 Å². The maximum Gasteiger partial charge on any atom is 0.119 e. The summed E-state index contributed by atoms with van der Waals surface area (Å²) in [4.78, 5) is 0. The zero-order valence-corrected chi connectivity index (χ0v) is 22.9. The predicted octanol–water partition coefficient (Wildman–Crippen LogP) is 9.91. The van der Waals surface area contributed by atoms with Crippen LogP contribution >= 0.6 is 0 Å². The maximum atomic E-state index is 6.09. The molecule has 0 aromatic heterocycles. The fourth-order valence-corrected chi connectivity index (χ4v) is 4.15. The van der Waals surface area contributed by atoms with Crippen molar-refractivity contribution in [2.45, 2.75) is 86.0 Å². The Hall–Kier alpha value is -2.48. The molecule has 2 rings (SSSR count). The van der Waals surface area contributed by atoms with Crippen LogP contribution in [0.3, 0.4) is 0 Å². The molecule has 35 heavy (non-hydrogen) atoms. The molecule has 2 atom stereocenters. The van der Waals surface area contributed by atoms with Gasteiger partial charge in [-0.15, -0.1) is 0 Å². The summed E-state index contributed by atoms with van der Waals surface area (Å²) in [7, 11) is 0. The van der Waals surface area contributed by atoms with Crippen molar-refractivity contribution < 1.29 is 9.47 Å². The van der Waals surface area contributed by atoms with Crippen LogP contribution in [0.4, 0.5) is 0 Å². The first-order valence-corrected chi connectivity index (χ1v) is 13.9. The SMILES string of the molecule is CCCCC(CC)COc1ccc(/C=C/C=C/c2ccc(OCC(CC)CCCC)cc2C)cc1. The molecule has 0 heterocycles. The number of unbranched alkanes of at least 4 members (excludes halogenated alkanes) is 2. The molecule has 0 aliphatic carbocycles. The van der Waals surface area contributed by atoms with Crippen molar-refractivity contribution in [3.05, 3.63) is 71.3 Å². The minimum atomic E-state index is 0.652. The molecule has 2 heteroatoms. The fraction of sp³-hybridized carbons (Fsp3) is 0.515. The Bertz CT molecular complexity index is 878. The summed E-state index contributed by atoms with van der Waals surface area (Å²) in [6.07, 6.45) is 18.4. The molecule has 2 nitrogen and oxygen atoms in total. The van der Waals surface area contributed by atoms with E-state index in [2.05, 4.69) is 101 Å². The average molecular weight is 477 g/mol. The van der Waals surface area contributed by atoms with Gasteiger partial charge in [-0.25, -0.2) is 0 Å². The molecule has 0 N–H and O–H groups in total. The molecular formula is C33H48O2. The normalized spacial score (nSPS) is 13.4. The van der Waals surface area contributed by atoms with Crippen molar-refractivity contribution in [1.29, 1.82) is 0 Å². The number of ether oxygens (including phenoxy) is 2. The summed E-state index contributed by atoms with van der Waals surface area (Å²) in [5, 5.41) is 0. The van der Waals surface area contributed by atoms with Crippen LogP contribution in [0.5, 0.6) is 11.5 Å². The van der Waals surface area contributed by atoms with E-state index >= 15 is 0 Å². The van der Waals surface area contributed by atoms with Gasteiger partial charge in [-0.2, -0.15) is 0 Å². The first-order valence-electron chi connectivity index (χ1n) is 13.9. The number of hydrogen-bond donors (Lipinski definition) is 0. The first-order chi connectivity index (χ1) is 17.1. The minimum Gasteiger partial charge on any atom is -0.493 e. The summed E-state index contributed by atoms with van der Waals surface area (Å²) >= 11 is 0. The Labute approximate surface area is 215 Å². The Morgan fingerprint density at radius 3 is 1.77 bits per heavy atom. The van der Waals surface area contributed by atoms with Crippen LogP contribution in [-0.4, -0.2) is 13.2 Å². The topological polar surface area (TPSA) is 18.5 Å². The number of allylic oxidation sites excluding steroid dienone is 2. The van der Waals surface area contributed by atoms with Gasteiger partial charge in [0.05, 0.1) is 13.2 Å². The van der Waals surface area contributed by atoms with Crippen LogP contribution < -0.4 is 9.47 Å². The molecule has 2 unspecified atom stereocenters. The lowest BCUT2D eigenvalue weighted by atomic mass is 10.0. The van der Waals surface area contributed by atoms with E-state index in [1.54, 1.807) is 0 Å². The van der Waals surface area contributed by atoms with Gasteiger partial charge in [0, 0.05) is 0 Å². The smallest absolute Gasteiger partial charge is 0.119 e. The zero-order valence-electron chi connectivity index (χ0n) is 22.9. The molecule has 192 valence electrons. The summed E-state index contributed by atoms with van der Waals surface area (Å²) < 4.78 is 12.1. The maximum absolute atomic E-state index is 6.09. The number of rotatable bonds is 17. The molecular weight excluding hydrogens is 428 g/mol. The van der Waals surface area contributed by atoms with Crippen molar-refractivity contribution >= 4 is 12.2 Å². The van der Waals surface area contributed by atoms with Crippen LogP contribution in [0.1, 0.15) is 95.8 Å². The third kappa shape index (κ3) is 11.2. The third-order valence-corrected chi connectivity index (χ3v) is 6.85. The van der Waals surface area contributed by atoms with Crippen molar-refractivity contribution in [3.63, 3.8) is 0 Å². The highest BCUT2D eigenvalue weighted by Gasteiger charge is 2.08. The molecule has 0 aliphatic heterocycles.